The van der Waals surface area contributed by atoms with Crippen LogP contribution in [0.1, 0.15) is 0 Å². The van der Waals surface area contributed by atoms with Crippen LogP contribution in [0.15, 0.2) is 18.2 Å². The molecule has 13 heavy (non-hydrogen) atoms. The number of nitro groups is 2. The molecule has 0 aliphatic heterocycles. The second kappa shape index (κ2) is 3.05. The van der Waals surface area contributed by atoms with Crippen molar-refractivity contribution >= 4 is 11.4 Å². The van der Waals surface area contributed by atoms with Gasteiger partial charge in [-0.15, -0.1) is 0 Å². The lowest BCUT2D eigenvalue weighted by atomic mass is 11.2. The van der Waals surface area contributed by atoms with Crippen LogP contribution >= 0.6 is 0 Å². The highest BCUT2D eigenvalue weighted by atomic mass is 16.7. The van der Waals surface area contributed by atoms with E-state index in [0.29, 0.717) is 6.07 Å². The second-order valence-corrected chi connectivity index (χ2v) is 2.19. The van der Waals surface area contributed by atoms with Crippen LogP contribution in [-0.4, -0.2) is 15.0 Å². The fourth-order valence-corrected chi connectivity index (χ4v) is 0.772. The Morgan fingerprint density at radius 1 is 1.15 bits per heavy atom. The highest BCUT2D eigenvalue weighted by Gasteiger charge is 2.18. The summed E-state index contributed by atoms with van der Waals surface area (Å²) in [5, 5.41) is 29.3. The first-order valence-electron chi connectivity index (χ1n) is 3.14. The SMILES string of the molecule is O=[N+]([O-])[13c]1[13cH][13cH][13c](O)[13c]([N+](=O)[O-])[13cH]1. The van der Waals surface area contributed by atoms with Gasteiger partial charge in [-0.1, -0.05) is 0 Å². The molecule has 1 aromatic carbocycles. The highest BCUT2D eigenvalue weighted by molar-refractivity contribution is 5.52. The first-order chi connectivity index (χ1) is 6.02. The minimum Gasteiger partial charge on any atom is -0.502 e. The Morgan fingerprint density at radius 3 is 2.23 bits per heavy atom. The molecule has 68 valence electrons. The summed E-state index contributed by atoms with van der Waals surface area (Å²) in [5.74, 6) is -0.587. The second-order valence-electron chi connectivity index (χ2n) is 2.19. The van der Waals surface area contributed by atoms with Crippen molar-refractivity contribution < 1.29 is 15.0 Å². The molecule has 7 nitrogen and oxygen atoms in total. The number of phenolic OH excluding ortho intramolecular Hbond substituents is 1. The molecule has 0 saturated carbocycles. The van der Waals surface area contributed by atoms with E-state index < -0.39 is 27.0 Å². The van der Waals surface area contributed by atoms with Crippen LogP contribution in [0.2, 0.25) is 0 Å². The minimum atomic E-state index is -0.887. The molecule has 0 atom stereocenters. The van der Waals surface area contributed by atoms with Crippen molar-refractivity contribution in [2.75, 3.05) is 0 Å². The molecule has 0 aliphatic rings. The number of nitrogens with zero attached hydrogens (tertiary/aromatic N) is 2. The zero-order chi connectivity index (χ0) is 10.0. The number of rotatable bonds is 2. The minimum absolute atomic E-state index is 0.426. The van der Waals surface area contributed by atoms with Gasteiger partial charge >= 0.3 is 5.69 Å². The highest BCUT2D eigenvalue weighted by Crippen LogP contribution is 2.29. The van der Waals surface area contributed by atoms with Crippen LogP contribution < -0.4 is 0 Å². The third-order valence-corrected chi connectivity index (χ3v) is 1.37. The molecule has 0 aromatic heterocycles. The maximum Gasteiger partial charge on any atom is 0.317 e. The van der Waals surface area contributed by atoms with Gasteiger partial charge < -0.3 is 5.11 Å². The van der Waals surface area contributed by atoms with Crippen molar-refractivity contribution in [1.29, 1.82) is 0 Å². The third kappa shape index (κ3) is 1.70. The monoisotopic (exact) mass is 190 g/mol. The summed E-state index contributed by atoms with van der Waals surface area (Å²) < 4.78 is 0. The molecule has 0 fully saturated rings. The fourth-order valence-electron chi connectivity index (χ4n) is 0.772. The molecule has 0 saturated heterocycles. The van der Waals surface area contributed by atoms with Gasteiger partial charge in [-0.25, -0.2) is 0 Å². The lowest BCUT2D eigenvalue weighted by molar-refractivity contribution is -0.394. The molecule has 0 amide bonds. The molecule has 0 heterocycles. The van der Waals surface area contributed by atoms with E-state index >= 15 is 0 Å². The predicted molar refractivity (Wildman–Crippen MR) is 41.4 cm³/mol. The molecule has 1 aromatic rings. The van der Waals surface area contributed by atoms with Crippen LogP contribution in [0.5, 0.6) is 5.75 Å². The van der Waals surface area contributed by atoms with Gasteiger partial charge in [0.1, 0.15) is 0 Å². The van der Waals surface area contributed by atoms with Crippen LogP contribution in [0.3, 0.4) is 0 Å². The number of hydrogen-bond donors (Lipinski definition) is 1. The number of nitro benzene ring substituents is 2. The smallest absolute Gasteiger partial charge is 0.317 e. The Hall–Kier alpha value is -2.18. The van der Waals surface area contributed by atoms with Gasteiger partial charge in [0.15, 0.2) is 5.75 Å². The summed E-state index contributed by atoms with van der Waals surface area (Å²) in [6, 6.07) is 2.61. The Kier molecular flexibility index (Phi) is 2.09. The van der Waals surface area contributed by atoms with E-state index in [0.717, 1.165) is 12.1 Å². The van der Waals surface area contributed by atoms with Crippen molar-refractivity contribution in [2.45, 2.75) is 0 Å². The molecular formula is C6H4N2O5. The molecule has 0 radical (unpaired) electrons. The van der Waals surface area contributed by atoms with E-state index in [2.05, 4.69) is 0 Å². The maximum atomic E-state index is 10.2. The lowest BCUT2D eigenvalue weighted by Gasteiger charge is -1.94. The molecular weight excluding hydrogens is 186 g/mol. The topological polar surface area (TPSA) is 107 Å². The summed E-state index contributed by atoms with van der Waals surface area (Å²) in [6.45, 7) is 0. The molecule has 0 spiro atoms. The maximum absolute atomic E-state index is 10.2. The van der Waals surface area contributed by atoms with Gasteiger partial charge in [-0.2, -0.15) is 0 Å². The molecule has 0 aliphatic carbocycles. The van der Waals surface area contributed by atoms with Crippen molar-refractivity contribution in [3.63, 3.8) is 0 Å². The Bertz CT molecular complexity index is 375. The number of hydrogen-bond acceptors (Lipinski definition) is 5. The zero-order valence-electron chi connectivity index (χ0n) is 6.21. The van der Waals surface area contributed by atoms with Crippen LogP contribution in [-0.2, 0) is 0 Å². The largest absolute Gasteiger partial charge is 0.502 e. The molecule has 7 heteroatoms. The lowest BCUT2D eigenvalue weighted by Crippen LogP contribution is -1.92. The predicted octanol–water partition coefficient (Wildman–Crippen LogP) is 1.21. The van der Waals surface area contributed by atoms with Crippen molar-refractivity contribution in [2.24, 2.45) is 0 Å². The zero-order valence-corrected chi connectivity index (χ0v) is 6.21. The Balaban J connectivity index is 3.27. The standard InChI is InChI=1S/C6H4N2O5/c9-6-2-1-4(7(10)11)3-5(6)8(12)13/h1-3,9H/i1+1,2+1,3+1,4+1,5+1,6+1. The Morgan fingerprint density at radius 2 is 1.77 bits per heavy atom. The van der Waals surface area contributed by atoms with Gasteiger partial charge in [0, 0.05) is 6.07 Å². The quantitative estimate of drug-likeness (QED) is 0.556. The number of benzene rings is 1. The average Bonchev–Trinajstić information content (AvgIpc) is 2.04. The summed E-state index contributed by atoms with van der Waals surface area (Å²) in [7, 11) is 0. The van der Waals surface area contributed by atoms with Crippen LogP contribution in [0.25, 0.3) is 0 Å². The van der Waals surface area contributed by atoms with Gasteiger partial charge in [-0.05, 0) is 6.07 Å². The normalized spacial score (nSPS) is 9.54. The molecule has 1 N–H and O–H groups in total. The average molecular weight is 190 g/mol. The van der Waals surface area contributed by atoms with Gasteiger partial charge in [0.2, 0.25) is 0 Å². The summed E-state index contributed by atoms with van der Waals surface area (Å²) in [5.41, 5.74) is -1.10. The van der Waals surface area contributed by atoms with Crippen LogP contribution in [0, 0.1) is 20.2 Å². The Labute approximate surface area is 71.5 Å². The number of aromatic hydroxyl groups is 1. The van der Waals surface area contributed by atoms with Gasteiger partial charge in [0.25, 0.3) is 5.69 Å². The summed E-state index contributed by atoms with van der Waals surface area (Å²) in [4.78, 5) is 18.7. The number of phenols is 1. The first-order valence-corrected chi connectivity index (χ1v) is 3.14. The summed E-state index contributed by atoms with van der Waals surface area (Å²) in [6.07, 6.45) is 0. The van der Waals surface area contributed by atoms with E-state index in [9.17, 15) is 20.2 Å². The van der Waals surface area contributed by atoms with Crippen molar-refractivity contribution in [3.8, 4) is 5.75 Å². The molecule has 0 bridgehead atoms. The van der Waals surface area contributed by atoms with Gasteiger partial charge in [0.05, 0.1) is 15.9 Å². The first kappa shape index (κ1) is 8.91. The van der Waals surface area contributed by atoms with Crippen molar-refractivity contribution in [1.82, 2.24) is 0 Å². The number of non-ortho nitro benzene ring substituents is 1. The van der Waals surface area contributed by atoms with E-state index in [1.54, 1.807) is 0 Å². The summed E-state index contributed by atoms with van der Waals surface area (Å²) >= 11 is 0. The molecule has 0 unspecified atom stereocenters. The third-order valence-electron chi connectivity index (χ3n) is 1.37. The van der Waals surface area contributed by atoms with Crippen LogP contribution in [0.4, 0.5) is 11.4 Å². The van der Waals surface area contributed by atoms with E-state index in [1.165, 1.54) is 0 Å². The van der Waals surface area contributed by atoms with Crippen molar-refractivity contribution in [3.05, 3.63) is 38.4 Å². The van der Waals surface area contributed by atoms with E-state index in [4.69, 9.17) is 5.11 Å². The van der Waals surface area contributed by atoms with Gasteiger partial charge in [-0.3, -0.25) is 20.2 Å². The fraction of sp³-hybridized carbons (Fsp3) is 0. The van der Waals surface area contributed by atoms with E-state index in [1.807, 2.05) is 0 Å². The van der Waals surface area contributed by atoms with E-state index in [-0.39, 0.29) is 0 Å². The molecule has 1 rings (SSSR count).